The molecule has 4 rings (SSSR count). The Bertz CT molecular complexity index is 743. The highest BCUT2D eigenvalue weighted by Crippen LogP contribution is 2.59. The molecule has 3 nitrogen and oxygen atoms in total. The molecule has 4 fully saturated rings. The molecule has 0 spiro atoms. The molecule has 4 aliphatic rings. The average molecular weight is 413 g/mol. The Hall–Kier alpha value is -1.16. The van der Waals surface area contributed by atoms with Crippen molar-refractivity contribution in [3.05, 3.63) is 47.6 Å². The van der Waals surface area contributed by atoms with Crippen molar-refractivity contribution in [2.45, 2.75) is 89.9 Å². The molecule has 4 saturated carbocycles. The van der Waals surface area contributed by atoms with Gasteiger partial charge in [0.2, 0.25) is 0 Å². The van der Waals surface area contributed by atoms with Gasteiger partial charge in [-0.05, 0) is 91.6 Å². The van der Waals surface area contributed by atoms with Crippen molar-refractivity contribution in [1.29, 1.82) is 0 Å². The maximum atomic E-state index is 10.2. The lowest BCUT2D eigenvalue weighted by Crippen LogP contribution is -2.35. The molecule has 0 aromatic heterocycles. The number of fused-ring (bicyclic) bond motifs is 1. The fourth-order valence-corrected chi connectivity index (χ4v) is 6.63. The molecule has 3 N–H and O–H groups in total. The first-order chi connectivity index (χ1) is 14.3. The largest absolute Gasteiger partial charge is 0.393 e. The molecule has 0 aliphatic heterocycles. The Morgan fingerprint density at radius 2 is 1.87 bits per heavy atom. The van der Waals surface area contributed by atoms with Gasteiger partial charge in [0.1, 0.15) is 0 Å². The number of hydrogen-bond acceptors (Lipinski definition) is 3. The number of aliphatic hydroxyl groups is 3. The van der Waals surface area contributed by atoms with Crippen molar-refractivity contribution in [2.24, 2.45) is 29.1 Å². The van der Waals surface area contributed by atoms with Gasteiger partial charge < -0.3 is 15.3 Å². The smallest absolute Gasteiger partial charge is 0.0811 e. The highest BCUT2D eigenvalue weighted by Gasteiger charge is 2.50. The van der Waals surface area contributed by atoms with E-state index in [1.807, 2.05) is 0 Å². The second kappa shape index (κ2) is 8.76. The van der Waals surface area contributed by atoms with Crippen molar-refractivity contribution in [3.63, 3.8) is 0 Å². The van der Waals surface area contributed by atoms with Crippen LogP contribution in [0, 0.1) is 29.1 Å². The van der Waals surface area contributed by atoms with Gasteiger partial charge in [0.15, 0.2) is 0 Å². The summed E-state index contributed by atoms with van der Waals surface area (Å²) < 4.78 is 0. The van der Waals surface area contributed by atoms with Gasteiger partial charge in [-0.2, -0.15) is 0 Å². The molecule has 3 heteroatoms. The van der Waals surface area contributed by atoms with E-state index in [2.05, 4.69) is 44.7 Å². The van der Waals surface area contributed by atoms with Crippen molar-refractivity contribution in [3.8, 4) is 0 Å². The number of aliphatic hydroxyl groups excluding tert-OH is 3. The second-order valence-corrected chi connectivity index (χ2v) is 10.7. The minimum absolute atomic E-state index is 0.250. The summed E-state index contributed by atoms with van der Waals surface area (Å²) in [6.45, 7) is 8.88. The topological polar surface area (TPSA) is 60.7 Å². The summed E-state index contributed by atoms with van der Waals surface area (Å²) in [7, 11) is 0. The van der Waals surface area contributed by atoms with E-state index in [-0.39, 0.29) is 6.10 Å². The average Bonchev–Trinajstić information content (AvgIpc) is 3.49. The molecule has 0 heterocycles. The summed E-state index contributed by atoms with van der Waals surface area (Å²) in [6, 6.07) is 0. The minimum atomic E-state index is -0.621. The first-order valence-corrected chi connectivity index (χ1v) is 12.1. The third-order valence-electron chi connectivity index (χ3n) is 8.65. The molecule has 166 valence electrons. The van der Waals surface area contributed by atoms with Crippen LogP contribution in [0.3, 0.4) is 0 Å². The molecule has 0 amide bonds. The van der Waals surface area contributed by atoms with Crippen LogP contribution in [0.15, 0.2) is 47.6 Å². The third kappa shape index (κ3) is 4.40. The zero-order valence-electron chi connectivity index (χ0n) is 18.8. The molecular weight excluding hydrogens is 372 g/mol. The van der Waals surface area contributed by atoms with Gasteiger partial charge in [-0.3, -0.25) is 0 Å². The standard InChI is InChI=1S/C27H40O3/c1-17(6-13-25(29)20-8-9-20)23-11-12-24-19(5-4-14-27(23,24)3)7-10-21-15-22(28)16-26(30)18(21)2/h6-7,10,13,17,20,22-26,28-30H,2,4-5,8-9,11-12,14-16H2,1,3H3/b13-6+,19-7+,21-10-/t17-,22+,23?,24-,25+,26-,27+/m0/s1. The van der Waals surface area contributed by atoms with Gasteiger partial charge in [-0.15, -0.1) is 0 Å². The van der Waals surface area contributed by atoms with Crippen LogP contribution in [0.4, 0.5) is 0 Å². The van der Waals surface area contributed by atoms with E-state index in [1.165, 1.54) is 44.1 Å². The lowest BCUT2D eigenvalue weighted by atomic mass is 9.61. The van der Waals surface area contributed by atoms with Gasteiger partial charge in [-0.25, -0.2) is 0 Å². The Balaban J connectivity index is 1.48. The lowest BCUT2D eigenvalue weighted by molar-refractivity contribution is 0.0862. The quantitative estimate of drug-likeness (QED) is 0.551. The maximum absolute atomic E-state index is 10.2. The summed E-state index contributed by atoms with van der Waals surface area (Å²) in [6.07, 6.45) is 16.9. The molecule has 0 radical (unpaired) electrons. The first kappa shape index (κ1) is 22.0. The van der Waals surface area contributed by atoms with Crippen LogP contribution in [0.5, 0.6) is 0 Å². The van der Waals surface area contributed by atoms with Crippen LogP contribution in [-0.2, 0) is 0 Å². The molecule has 0 aromatic rings. The number of allylic oxidation sites excluding steroid dienone is 4. The van der Waals surface area contributed by atoms with E-state index in [0.717, 1.165) is 17.6 Å². The Morgan fingerprint density at radius 3 is 2.60 bits per heavy atom. The van der Waals surface area contributed by atoms with Crippen LogP contribution >= 0.6 is 0 Å². The summed E-state index contributed by atoms with van der Waals surface area (Å²) in [5, 5.41) is 30.4. The normalized spacial score (nSPS) is 42.1. The number of hydrogen-bond donors (Lipinski definition) is 3. The van der Waals surface area contributed by atoms with Crippen molar-refractivity contribution in [1.82, 2.24) is 0 Å². The van der Waals surface area contributed by atoms with E-state index in [4.69, 9.17) is 0 Å². The first-order valence-electron chi connectivity index (χ1n) is 12.1. The van der Waals surface area contributed by atoms with Crippen molar-refractivity contribution < 1.29 is 15.3 Å². The van der Waals surface area contributed by atoms with Crippen LogP contribution in [-0.4, -0.2) is 33.6 Å². The molecular formula is C27H40O3. The van der Waals surface area contributed by atoms with Crippen molar-refractivity contribution >= 4 is 0 Å². The molecule has 0 aromatic carbocycles. The predicted octanol–water partition coefficient (Wildman–Crippen LogP) is 5.09. The van der Waals surface area contributed by atoms with Crippen LogP contribution < -0.4 is 0 Å². The molecule has 0 saturated heterocycles. The number of rotatable bonds is 5. The predicted molar refractivity (Wildman–Crippen MR) is 122 cm³/mol. The van der Waals surface area contributed by atoms with Gasteiger partial charge in [-0.1, -0.05) is 50.3 Å². The zero-order chi connectivity index (χ0) is 21.5. The van der Waals surface area contributed by atoms with Crippen LogP contribution in [0.2, 0.25) is 0 Å². The Kier molecular flexibility index (Phi) is 6.44. The maximum Gasteiger partial charge on any atom is 0.0811 e. The van der Waals surface area contributed by atoms with E-state index in [1.54, 1.807) is 0 Å². The summed E-state index contributed by atoms with van der Waals surface area (Å²) in [4.78, 5) is 0. The highest BCUT2D eigenvalue weighted by atomic mass is 16.3. The monoisotopic (exact) mass is 412 g/mol. The van der Waals surface area contributed by atoms with Crippen LogP contribution in [0.25, 0.3) is 0 Å². The zero-order valence-corrected chi connectivity index (χ0v) is 18.8. The Morgan fingerprint density at radius 1 is 1.10 bits per heavy atom. The van der Waals surface area contributed by atoms with E-state index >= 15 is 0 Å². The minimum Gasteiger partial charge on any atom is -0.393 e. The highest BCUT2D eigenvalue weighted by molar-refractivity contribution is 5.38. The summed E-state index contributed by atoms with van der Waals surface area (Å²) >= 11 is 0. The lowest BCUT2D eigenvalue weighted by Gasteiger charge is -2.44. The summed E-state index contributed by atoms with van der Waals surface area (Å²) in [5.74, 6) is 2.28. The Labute approximate surface area is 182 Å². The SMILES string of the molecule is C=C1/C(=C\C=C2/CCC[C@]3(C)C([C@@H](C)/C=C/[C@@H](O)C4CC4)CC[C@@H]23)C[C@@H](O)C[C@@H]1O. The fraction of sp³-hybridized carbons (Fsp3) is 0.704. The summed E-state index contributed by atoms with van der Waals surface area (Å²) in [5.41, 5.74) is 3.63. The second-order valence-electron chi connectivity index (χ2n) is 10.7. The van der Waals surface area contributed by atoms with Gasteiger partial charge in [0.05, 0.1) is 18.3 Å². The van der Waals surface area contributed by atoms with E-state index in [0.29, 0.717) is 41.9 Å². The van der Waals surface area contributed by atoms with Gasteiger partial charge in [0, 0.05) is 6.42 Å². The molecule has 1 unspecified atom stereocenters. The molecule has 0 bridgehead atoms. The van der Waals surface area contributed by atoms with Gasteiger partial charge >= 0.3 is 0 Å². The molecule has 4 aliphatic carbocycles. The van der Waals surface area contributed by atoms with Gasteiger partial charge in [0.25, 0.3) is 0 Å². The van der Waals surface area contributed by atoms with E-state index < -0.39 is 12.2 Å². The van der Waals surface area contributed by atoms with Crippen molar-refractivity contribution in [2.75, 3.05) is 0 Å². The fourth-order valence-electron chi connectivity index (χ4n) is 6.63. The molecule has 30 heavy (non-hydrogen) atoms. The van der Waals surface area contributed by atoms with E-state index in [9.17, 15) is 15.3 Å². The van der Waals surface area contributed by atoms with Crippen LogP contribution in [0.1, 0.15) is 71.6 Å². The third-order valence-corrected chi connectivity index (χ3v) is 8.65. The molecule has 7 atom stereocenters.